The number of carbonyl (C=O) groups is 2. The smallest absolute Gasteiger partial charge is 0.330 e. The number of fused-ring (bicyclic) bond motifs is 1. The van der Waals surface area contributed by atoms with Gasteiger partial charge in [0.1, 0.15) is 0 Å². The number of ether oxygens (including phenoxy) is 4. The van der Waals surface area contributed by atoms with Crippen molar-refractivity contribution in [1.82, 2.24) is 4.90 Å². The number of methoxy groups -OCH3 is 1. The highest BCUT2D eigenvalue weighted by Crippen LogP contribution is 2.61. The molecule has 8 heteroatoms. The first-order chi connectivity index (χ1) is 16.7. The Bertz CT molecular complexity index is 940. The number of hydrogen-bond donors (Lipinski definition) is 0. The molecule has 35 heavy (non-hydrogen) atoms. The summed E-state index contributed by atoms with van der Waals surface area (Å²) in [5.41, 5.74) is -0.910. The molecule has 1 aromatic carbocycles. The van der Waals surface area contributed by atoms with Crippen LogP contribution in [0.3, 0.4) is 0 Å². The number of carbonyl (C=O) groups excluding carboxylic acids is 2. The average molecular weight is 504 g/mol. The molecule has 3 aliphatic rings. The molecule has 4 atom stereocenters. The van der Waals surface area contributed by atoms with Crippen LogP contribution in [0, 0.1) is 22.7 Å². The van der Waals surface area contributed by atoms with Crippen molar-refractivity contribution in [3.63, 3.8) is 0 Å². The predicted molar refractivity (Wildman–Crippen MR) is 134 cm³/mol. The Morgan fingerprint density at radius 2 is 1.89 bits per heavy atom. The lowest BCUT2D eigenvalue weighted by atomic mass is 9.59. The lowest BCUT2D eigenvalue weighted by molar-refractivity contribution is -0.327. The summed E-state index contributed by atoms with van der Waals surface area (Å²) >= 11 is 1.68. The molecular weight excluding hydrogens is 466 g/mol. The van der Waals surface area contributed by atoms with E-state index in [4.69, 9.17) is 18.9 Å². The van der Waals surface area contributed by atoms with E-state index in [9.17, 15) is 9.59 Å². The maximum absolute atomic E-state index is 14.0. The van der Waals surface area contributed by atoms with Crippen molar-refractivity contribution in [2.45, 2.75) is 49.7 Å². The van der Waals surface area contributed by atoms with Crippen molar-refractivity contribution in [3.05, 3.63) is 42.5 Å². The Morgan fingerprint density at radius 1 is 1.20 bits per heavy atom. The third kappa shape index (κ3) is 5.03. The average Bonchev–Trinajstić information content (AvgIpc) is 3.03. The van der Waals surface area contributed by atoms with Crippen molar-refractivity contribution >= 4 is 23.6 Å². The van der Waals surface area contributed by atoms with Gasteiger partial charge in [0.25, 0.3) is 0 Å². The van der Waals surface area contributed by atoms with Crippen molar-refractivity contribution in [2.75, 3.05) is 40.6 Å². The minimum atomic E-state index is -0.829. The molecule has 0 radical (unpaired) electrons. The molecule has 1 amide bonds. The van der Waals surface area contributed by atoms with Crippen LogP contribution in [0.15, 0.2) is 47.4 Å². The number of likely N-dealkylation sites (tertiary alicyclic amines) is 1. The monoisotopic (exact) mass is 503 g/mol. The van der Waals surface area contributed by atoms with Crippen molar-refractivity contribution in [3.8, 4) is 0 Å². The zero-order valence-corrected chi connectivity index (χ0v) is 22.1. The Balaban J connectivity index is 1.75. The molecule has 0 aromatic heterocycles. The quantitative estimate of drug-likeness (QED) is 0.409. The maximum atomic E-state index is 14.0. The zero-order valence-electron chi connectivity index (χ0n) is 21.3. The molecule has 192 valence electrons. The van der Waals surface area contributed by atoms with Gasteiger partial charge >= 0.3 is 5.97 Å². The highest BCUT2D eigenvalue weighted by molar-refractivity contribution is 8.00. The Kier molecular flexibility index (Phi) is 7.67. The molecule has 4 unspecified atom stereocenters. The molecule has 7 nitrogen and oxygen atoms in total. The van der Waals surface area contributed by atoms with Crippen LogP contribution in [0.4, 0.5) is 0 Å². The fraction of sp³-hybridized carbons (Fsp3) is 0.630. The maximum Gasteiger partial charge on any atom is 0.330 e. The summed E-state index contributed by atoms with van der Waals surface area (Å²) in [4.78, 5) is 29.2. The molecular formula is C27H37NO6S. The minimum Gasteiger partial charge on any atom is -0.463 e. The van der Waals surface area contributed by atoms with E-state index < -0.39 is 17.2 Å². The van der Waals surface area contributed by atoms with E-state index in [0.717, 1.165) is 4.90 Å². The normalized spacial score (nSPS) is 31.6. The Labute approximate surface area is 212 Å². The first kappa shape index (κ1) is 26.2. The number of amides is 1. The van der Waals surface area contributed by atoms with E-state index in [1.165, 1.54) is 6.08 Å². The van der Waals surface area contributed by atoms with Gasteiger partial charge in [-0.15, -0.1) is 11.8 Å². The van der Waals surface area contributed by atoms with Gasteiger partial charge in [0.2, 0.25) is 5.91 Å². The Morgan fingerprint density at radius 3 is 2.51 bits per heavy atom. The largest absolute Gasteiger partial charge is 0.463 e. The fourth-order valence-electron chi connectivity index (χ4n) is 5.69. The van der Waals surface area contributed by atoms with E-state index in [1.807, 2.05) is 36.2 Å². The molecule has 1 saturated carbocycles. The summed E-state index contributed by atoms with van der Waals surface area (Å²) in [7, 11) is 3.49. The minimum absolute atomic E-state index is 0.0299. The van der Waals surface area contributed by atoms with Crippen LogP contribution in [0.2, 0.25) is 0 Å². The molecule has 2 aliphatic heterocycles. The van der Waals surface area contributed by atoms with E-state index in [0.29, 0.717) is 32.7 Å². The number of benzene rings is 1. The van der Waals surface area contributed by atoms with Crippen LogP contribution < -0.4 is 0 Å². The molecule has 3 fully saturated rings. The number of hydrogen-bond acceptors (Lipinski definition) is 7. The highest BCUT2D eigenvalue weighted by atomic mass is 32.2. The van der Waals surface area contributed by atoms with E-state index in [-0.39, 0.29) is 35.1 Å². The number of rotatable bonds is 7. The number of thioether (sulfide) groups is 1. The van der Waals surface area contributed by atoms with Crippen LogP contribution in [-0.4, -0.2) is 68.5 Å². The molecule has 1 aromatic rings. The van der Waals surface area contributed by atoms with Crippen LogP contribution >= 0.6 is 11.8 Å². The first-order valence-corrected chi connectivity index (χ1v) is 13.2. The van der Waals surface area contributed by atoms with Crippen LogP contribution in [0.1, 0.15) is 33.6 Å². The third-order valence-electron chi connectivity index (χ3n) is 7.42. The second-order valence-corrected chi connectivity index (χ2v) is 11.8. The van der Waals surface area contributed by atoms with Gasteiger partial charge in [0, 0.05) is 49.3 Å². The fourth-order valence-corrected chi connectivity index (χ4v) is 7.04. The number of allylic oxidation sites excluding steroid dienone is 1. The second kappa shape index (κ2) is 10.2. The standard InChI is InChI=1S/C27H37NO6S/c1-6-32-22(29)13-12-19-14-26(33-16-25(2,3)17-34-26)15-21-23(35-20-10-8-7-9-11-20)28(4)24(30)27(19,21)18-31-5/h7-13,19,21,23H,6,14-18H2,1-5H3/b13-12+. The van der Waals surface area contributed by atoms with Gasteiger partial charge in [-0.25, -0.2) is 4.79 Å². The SMILES string of the molecule is CCOC(=O)/C=C/C1CC2(CC3C(Sc4ccccc4)N(C)C(=O)C13COC)OCC(C)(C)CO2. The lowest BCUT2D eigenvalue weighted by Gasteiger charge is -2.53. The van der Waals surface area contributed by atoms with Crippen molar-refractivity contribution < 1.29 is 28.5 Å². The van der Waals surface area contributed by atoms with Crippen LogP contribution in [0.5, 0.6) is 0 Å². The van der Waals surface area contributed by atoms with E-state index in [2.05, 4.69) is 26.0 Å². The number of esters is 1. The van der Waals surface area contributed by atoms with Gasteiger partial charge in [-0.1, -0.05) is 38.1 Å². The molecule has 2 heterocycles. The Hall–Kier alpha value is -1.87. The van der Waals surface area contributed by atoms with Gasteiger partial charge in [-0.3, -0.25) is 4.79 Å². The third-order valence-corrected chi connectivity index (χ3v) is 8.85. The lowest BCUT2D eigenvalue weighted by Crippen LogP contribution is -2.59. The van der Waals surface area contributed by atoms with Gasteiger partial charge in [0.15, 0.2) is 5.79 Å². The van der Waals surface area contributed by atoms with Gasteiger partial charge in [0.05, 0.1) is 37.2 Å². The summed E-state index contributed by atoms with van der Waals surface area (Å²) in [6.45, 7) is 7.72. The molecule has 0 N–H and O–H groups in total. The summed E-state index contributed by atoms with van der Waals surface area (Å²) in [5.74, 6) is -1.64. The number of nitrogens with zero attached hydrogens (tertiary/aromatic N) is 1. The van der Waals surface area contributed by atoms with E-state index in [1.54, 1.807) is 25.8 Å². The molecule has 0 bridgehead atoms. The molecule has 1 aliphatic carbocycles. The summed E-state index contributed by atoms with van der Waals surface area (Å²) in [6.07, 6.45) is 4.32. The first-order valence-electron chi connectivity index (χ1n) is 12.3. The van der Waals surface area contributed by atoms with Crippen LogP contribution in [-0.2, 0) is 28.5 Å². The van der Waals surface area contributed by atoms with Crippen molar-refractivity contribution in [1.29, 1.82) is 0 Å². The zero-order chi connectivity index (χ0) is 25.3. The molecule has 4 rings (SSSR count). The summed E-state index contributed by atoms with van der Waals surface area (Å²) in [6, 6.07) is 10.1. The predicted octanol–water partition coefficient (Wildman–Crippen LogP) is 4.12. The molecule has 1 spiro atoms. The summed E-state index contributed by atoms with van der Waals surface area (Å²) in [5, 5.41) is -0.127. The molecule has 2 saturated heterocycles. The van der Waals surface area contributed by atoms with Gasteiger partial charge in [-0.05, 0) is 25.0 Å². The topological polar surface area (TPSA) is 74.3 Å². The van der Waals surface area contributed by atoms with Gasteiger partial charge < -0.3 is 23.8 Å². The summed E-state index contributed by atoms with van der Waals surface area (Å²) < 4.78 is 23.7. The van der Waals surface area contributed by atoms with Crippen molar-refractivity contribution in [2.24, 2.45) is 22.7 Å². The van der Waals surface area contributed by atoms with E-state index >= 15 is 0 Å². The second-order valence-electron chi connectivity index (χ2n) is 10.6. The highest BCUT2D eigenvalue weighted by Gasteiger charge is 2.67. The van der Waals surface area contributed by atoms with Crippen LogP contribution in [0.25, 0.3) is 0 Å². The van der Waals surface area contributed by atoms with Gasteiger partial charge in [-0.2, -0.15) is 0 Å².